The first-order valence-corrected chi connectivity index (χ1v) is 10.9. The quantitative estimate of drug-likeness (QED) is 0.646. The van der Waals surface area contributed by atoms with Crippen LogP contribution in [0.1, 0.15) is 41.9 Å². The minimum Gasteiger partial charge on any atom is -0.497 e. The number of carbonyl (C=O) groups excluding carboxylic acids is 2. The molecule has 31 heavy (non-hydrogen) atoms. The van der Waals surface area contributed by atoms with E-state index in [1.165, 1.54) is 0 Å². The van der Waals surface area contributed by atoms with Crippen LogP contribution in [0.5, 0.6) is 11.5 Å². The van der Waals surface area contributed by atoms with E-state index in [-0.39, 0.29) is 24.1 Å². The van der Waals surface area contributed by atoms with Gasteiger partial charge in [-0.1, -0.05) is 16.8 Å². The number of halogens is 1. The second-order valence-electron chi connectivity index (χ2n) is 7.97. The largest absolute Gasteiger partial charge is 0.497 e. The molecule has 2 amide bonds. The molecule has 1 aromatic heterocycles. The third-order valence-electron chi connectivity index (χ3n) is 5.74. The van der Waals surface area contributed by atoms with Crippen molar-refractivity contribution in [1.82, 2.24) is 15.0 Å². The zero-order valence-corrected chi connectivity index (χ0v) is 18.3. The Balaban J connectivity index is 1.32. The summed E-state index contributed by atoms with van der Waals surface area (Å²) >= 11 is 6.18. The predicted molar refractivity (Wildman–Crippen MR) is 113 cm³/mol. The minimum atomic E-state index is -0.157. The molecule has 2 aliphatic heterocycles. The van der Waals surface area contributed by atoms with Gasteiger partial charge in [0.15, 0.2) is 11.5 Å². The standard InChI is InChI=1S/C22H26ClN3O5/c1-29-16-6-7-20(18(23)10-16)30-14-17-11-19(24-31-17)22(28)26-9-2-4-15(13-26)12-25-8-3-5-21(25)27/h6-7,10-11,15H,2-5,8-9,12-14H2,1H3. The maximum atomic E-state index is 12.9. The molecule has 1 unspecified atom stereocenters. The van der Waals surface area contributed by atoms with Gasteiger partial charge in [0.05, 0.1) is 12.1 Å². The molecule has 0 radical (unpaired) electrons. The van der Waals surface area contributed by atoms with Crippen molar-refractivity contribution in [2.24, 2.45) is 5.92 Å². The molecule has 2 aliphatic rings. The van der Waals surface area contributed by atoms with Crippen LogP contribution in [0.4, 0.5) is 0 Å². The van der Waals surface area contributed by atoms with E-state index in [2.05, 4.69) is 5.16 Å². The van der Waals surface area contributed by atoms with Crippen molar-refractivity contribution in [3.8, 4) is 11.5 Å². The number of hydrogen-bond acceptors (Lipinski definition) is 6. The summed E-state index contributed by atoms with van der Waals surface area (Å²) in [6.07, 6.45) is 3.51. The highest BCUT2D eigenvalue weighted by molar-refractivity contribution is 6.32. The fourth-order valence-electron chi connectivity index (χ4n) is 4.13. The molecule has 0 spiro atoms. The molecule has 0 saturated carbocycles. The number of rotatable bonds is 7. The van der Waals surface area contributed by atoms with Gasteiger partial charge in [-0.3, -0.25) is 9.59 Å². The van der Waals surface area contributed by atoms with Crippen LogP contribution in [0.25, 0.3) is 0 Å². The van der Waals surface area contributed by atoms with Crippen LogP contribution >= 0.6 is 11.6 Å². The summed E-state index contributed by atoms with van der Waals surface area (Å²) in [5, 5.41) is 4.35. The molecule has 2 aromatic rings. The van der Waals surface area contributed by atoms with Crippen LogP contribution in [0.15, 0.2) is 28.8 Å². The summed E-state index contributed by atoms with van der Waals surface area (Å²) in [4.78, 5) is 28.5. The molecule has 9 heteroatoms. The van der Waals surface area contributed by atoms with Crippen molar-refractivity contribution in [3.63, 3.8) is 0 Å². The zero-order chi connectivity index (χ0) is 21.8. The van der Waals surface area contributed by atoms with E-state index in [1.807, 2.05) is 4.90 Å². The highest BCUT2D eigenvalue weighted by atomic mass is 35.5. The van der Waals surface area contributed by atoms with Crippen molar-refractivity contribution < 1.29 is 23.6 Å². The van der Waals surface area contributed by atoms with Crippen molar-refractivity contribution in [3.05, 3.63) is 40.7 Å². The molecule has 2 saturated heterocycles. The topological polar surface area (TPSA) is 85.1 Å². The molecule has 0 aliphatic carbocycles. The lowest BCUT2D eigenvalue weighted by molar-refractivity contribution is -0.128. The summed E-state index contributed by atoms with van der Waals surface area (Å²) in [7, 11) is 1.57. The van der Waals surface area contributed by atoms with Crippen LogP contribution in [0.2, 0.25) is 5.02 Å². The Morgan fingerprint density at radius 2 is 2.16 bits per heavy atom. The number of benzene rings is 1. The summed E-state index contributed by atoms with van der Waals surface area (Å²) in [6.45, 7) is 2.97. The molecule has 0 N–H and O–H groups in total. The number of methoxy groups -OCH3 is 1. The molecule has 1 aromatic carbocycles. The third-order valence-corrected chi connectivity index (χ3v) is 6.04. The number of carbonyl (C=O) groups is 2. The van der Waals surface area contributed by atoms with Crippen LogP contribution in [-0.4, -0.2) is 60.1 Å². The monoisotopic (exact) mass is 447 g/mol. The highest BCUT2D eigenvalue weighted by Crippen LogP contribution is 2.29. The minimum absolute atomic E-state index is 0.103. The van der Waals surface area contributed by atoms with E-state index in [0.29, 0.717) is 47.7 Å². The Labute approximate surface area is 186 Å². The molecule has 8 nitrogen and oxygen atoms in total. The van der Waals surface area contributed by atoms with Gasteiger partial charge in [-0.15, -0.1) is 0 Å². The first-order valence-electron chi connectivity index (χ1n) is 10.5. The number of amides is 2. The lowest BCUT2D eigenvalue weighted by Gasteiger charge is -2.34. The number of piperidine rings is 1. The Morgan fingerprint density at radius 3 is 2.90 bits per heavy atom. The maximum absolute atomic E-state index is 12.9. The summed E-state index contributed by atoms with van der Waals surface area (Å²) < 4.78 is 16.1. The molecular formula is C22H26ClN3O5. The van der Waals surface area contributed by atoms with Gasteiger partial charge in [-0.25, -0.2) is 0 Å². The number of nitrogens with zero attached hydrogens (tertiary/aromatic N) is 3. The molecule has 4 rings (SSSR count). The molecule has 0 bridgehead atoms. The molecule has 3 heterocycles. The number of ether oxygens (including phenoxy) is 2. The van der Waals surface area contributed by atoms with E-state index in [9.17, 15) is 9.59 Å². The highest BCUT2D eigenvalue weighted by Gasteiger charge is 2.30. The van der Waals surface area contributed by atoms with Gasteiger partial charge in [-0.2, -0.15) is 0 Å². The summed E-state index contributed by atoms with van der Waals surface area (Å²) in [6, 6.07) is 6.73. The Hall–Kier alpha value is -2.74. The van der Waals surface area contributed by atoms with Gasteiger partial charge in [0.2, 0.25) is 5.91 Å². The van der Waals surface area contributed by atoms with Crippen LogP contribution < -0.4 is 9.47 Å². The Morgan fingerprint density at radius 1 is 1.29 bits per heavy atom. The van der Waals surface area contributed by atoms with Gasteiger partial charge >= 0.3 is 0 Å². The maximum Gasteiger partial charge on any atom is 0.276 e. The van der Waals surface area contributed by atoms with Crippen LogP contribution in [0, 0.1) is 5.92 Å². The van der Waals surface area contributed by atoms with Crippen LogP contribution in [0.3, 0.4) is 0 Å². The Bertz CT molecular complexity index is 947. The number of hydrogen-bond donors (Lipinski definition) is 0. The van der Waals surface area contributed by atoms with Crippen molar-refractivity contribution in [2.45, 2.75) is 32.3 Å². The summed E-state index contributed by atoms with van der Waals surface area (Å²) in [5.74, 6) is 1.93. The normalized spacial score (nSPS) is 19.0. The van der Waals surface area contributed by atoms with E-state index in [4.69, 9.17) is 25.6 Å². The van der Waals surface area contributed by atoms with Crippen molar-refractivity contribution in [2.75, 3.05) is 33.3 Å². The number of likely N-dealkylation sites (tertiary alicyclic amines) is 2. The van der Waals surface area contributed by atoms with E-state index >= 15 is 0 Å². The van der Waals surface area contributed by atoms with E-state index in [0.717, 1.165) is 32.4 Å². The summed E-state index contributed by atoms with van der Waals surface area (Å²) in [5.41, 5.74) is 0.261. The lowest BCUT2D eigenvalue weighted by atomic mass is 9.97. The average Bonchev–Trinajstić information content (AvgIpc) is 3.42. The average molecular weight is 448 g/mol. The SMILES string of the molecule is COc1ccc(OCc2cc(C(=O)N3CCCC(CN4CCCC4=O)C3)no2)c(Cl)c1. The first kappa shape index (κ1) is 21.5. The second kappa shape index (κ2) is 9.60. The zero-order valence-electron chi connectivity index (χ0n) is 17.5. The molecular weight excluding hydrogens is 422 g/mol. The smallest absolute Gasteiger partial charge is 0.276 e. The first-order chi connectivity index (χ1) is 15.0. The molecule has 1 atom stereocenters. The second-order valence-corrected chi connectivity index (χ2v) is 8.37. The fourth-order valence-corrected chi connectivity index (χ4v) is 4.35. The fraction of sp³-hybridized carbons (Fsp3) is 0.500. The lowest BCUT2D eigenvalue weighted by Crippen LogP contribution is -2.44. The van der Waals surface area contributed by atoms with E-state index < -0.39 is 0 Å². The van der Waals surface area contributed by atoms with E-state index in [1.54, 1.807) is 36.3 Å². The van der Waals surface area contributed by atoms with Crippen LogP contribution in [-0.2, 0) is 11.4 Å². The molecule has 166 valence electrons. The van der Waals surface area contributed by atoms with Gasteiger partial charge in [0.1, 0.15) is 18.1 Å². The third kappa shape index (κ3) is 5.12. The Kier molecular flexibility index (Phi) is 6.65. The number of aromatic nitrogens is 1. The van der Waals surface area contributed by atoms with Gasteiger partial charge in [0, 0.05) is 44.7 Å². The van der Waals surface area contributed by atoms with Gasteiger partial charge < -0.3 is 23.8 Å². The van der Waals surface area contributed by atoms with Crippen molar-refractivity contribution >= 4 is 23.4 Å². The predicted octanol–water partition coefficient (Wildman–Crippen LogP) is 3.39. The van der Waals surface area contributed by atoms with Gasteiger partial charge in [-0.05, 0) is 37.3 Å². The molecule has 2 fully saturated rings. The van der Waals surface area contributed by atoms with Crippen molar-refractivity contribution in [1.29, 1.82) is 0 Å². The van der Waals surface area contributed by atoms with Gasteiger partial charge in [0.25, 0.3) is 5.91 Å².